The summed E-state index contributed by atoms with van der Waals surface area (Å²) < 4.78 is 13.2. The Hall–Kier alpha value is -1.91. The maximum atomic E-state index is 13.2. The van der Waals surface area contributed by atoms with Gasteiger partial charge in [0.2, 0.25) is 5.91 Å². The van der Waals surface area contributed by atoms with Crippen molar-refractivity contribution in [3.8, 4) is 0 Å². The van der Waals surface area contributed by atoms with Gasteiger partial charge >= 0.3 is 6.03 Å². The minimum absolute atomic E-state index is 0. The van der Waals surface area contributed by atoms with Crippen molar-refractivity contribution in [1.29, 1.82) is 0 Å². The molecule has 0 bridgehead atoms. The van der Waals surface area contributed by atoms with E-state index in [4.69, 9.17) is 0 Å². The molecule has 0 saturated carbocycles. The predicted octanol–water partition coefficient (Wildman–Crippen LogP) is 0.969. The van der Waals surface area contributed by atoms with Crippen molar-refractivity contribution >= 4 is 41.9 Å². The fraction of sp³-hybridized carbons (Fsp3) is 0.400. The zero-order valence-corrected chi connectivity index (χ0v) is 15.9. The van der Waals surface area contributed by atoms with Crippen LogP contribution in [0.25, 0.3) is 0 Å². The van der Waals surface area contributed by atoms with Gasteiger partial charge in [-0.2, -0.15) is 0 Å². The quantitative estimate of drug-likeness (QED) is 0.271. The van der Waals surface area contributed by atoms with Crippen LogP contribution >= 0.6 is 24.0 Å². The number of rotatable bonds is 5. The number of amides is 3. The van der Waals surface area contributed by atoms with Crippen LogP contribution in [0.5, 0.6) is 0 Å². The largest absolute Gasteiger partial charge is 0.355 e. The molecule has 1 fully saturated rings. The highest BCUT2D eigenvalue weighted by atomic mass is 127. The van der Waals surface area contributed by atoms with Crippen molar-refractivity contribution in [2.24, 2.45) is 4.99 Å². The summed E-state index contributed by atoms with van der Waals surface area (Å²) in [5, 5.41) is 8.58. The van der Waals surface area contributed by atoms with Crippen LogP contribution in [0.2, 0.25) is 0 Å². The number of nitrogens with one attached hydrogen (secondary N) is 3. The summed E-state index contributed by atoms with van der Waals surface area (Å²) >= 11 is 0. The van der Waals surface area contributed by atoms with Gasteiger partial charge in [0.25, 0.3) is 0 Å². The van der Waals surface area contributed by atoms with Gasteiger partial charge in [0.1, 0.15) is 5.82 Å². The zero-order valence-electron chi connectivity index (χ0n) is 13.6. The zero-order chi connectivity index (χ0) is 16.8. The molecule has 7 nitrogen and oxygen atoms in total. The van der Waals surface area contributed by atoms with Crippen molar-refractivity contribution in [2.45, 2.75) is 13.5 Å². The van der Waals surface area contributed by atoms with E-state index in [1.54, 1.807) is 26.1 Å². The van der Waals surface area contributed by atoms with Crippen LogP contribution in [0.15, 0.2) is 23.2 Å². The number of imide groups is 1. The number of guanidine groups is 1. The molecule has 0 aromatic heterocycles. The molecular formula is C15H21FIN5O2. The third kappa shape index (κ3) is 5.32. The molecule has 3 N–H and O–H groups in total. The number of benzene rings is 1. The van der Waals surface area contributed by atoms with Gasteiger partial charge in [-0.3, -0.25) is 14.7 Å². The number of hydrogen-bond acceptors (Lipinski definition) is 3. The van der Waals surface area contributed by atoms with E-state index in [1.165, 1.54) is 6.07 Å². The summed E-state index contributed by atoms with van der Waals surface area (Å²) in [6, 6.07) is 4.53. The Morgan fingerprint density at radius 1 is 1.38 bits per heavy atom. The number of aryl methyl sites for hydroxylation is 1. The Bertz CT molecular complexity index is 622. The maximum absolute atomic E-state index is 13.2. The van der Waals surface area contributed by atoms with E-state index in [-0.39, 0.29) is 54.8 Å². The Kier molecular flexibility index (Phi) is 7.89. The molecule has 1 saturated heterocycles. The van der Waals surface area contributed by atoms with Crippen molar-refractivity contribution in [3.05, 3.63) is 35.1 Å². The van der Waals surface area contributed by atoms with Crippen molar-refractivity contribution in [3.63, 3.8) is 0 Å². The monoisotopic (exact) mass is 449 g/mol. The summed E-state index contributed by atoms with van der Waals surface area (Å²) in [4.78, 5) is 28.0. The second-order valence-corrected chi connectivity index (χ2v) is 5.14. The number of nitrogens with zero attached hydrogens (tertiary/aromatic N) is 2. The topological polar surface area (TPSA) is 85.8 Å². The standard InChI is InChI=1S/C15H20FN5O2.HI/c1-10-7-11(3-4-12(10)16)8-19-14(17-2)18-5-6-21-13(22)9-20-15(21)23;/h3-4,7H,5-6,8-9H2,1-2H3,(H,20,23)(H2,17,18,19);1H. The number of hydrogen-bond donors (Lipinski definition) is 3. The third-order valence-electron chi connectivity index (χ3n) is 3.47. The maximum Gasteiger partial charge on any atom is 0.324 e. The Balaban J connectivity index is 0.00000288. The summed E-state index contributed by atoms with van der Waals surface area (Å²) in [7, 11) is 1.62. The van der Waals surface area contributed by atoms with Crippen LogP contribution in [-0.4, -0.2) is 49.5 Å². The highest BCUT2D eigenvalue weighted by molar-refractivity contribution is 14.0. The van der Waals surface area contributed by atoms with E-state index in [0.29, 0.717) is 24.6 Å². The minimum atomic E-state index is -0.374. The molecule has 1 heterocycles. The van der Waals surface area contributed by atoms with Gasteiger partial charge in [0, 0.05) is 26.7 Å². The fourth-order valence-electron chi connectivity index (χ4n) is 2.19. The van der Waals surface area contributed by atoms with E-state index in [0.717, 1.165) is 10.5 Å². The lowest BCUT2D eigenvalue weighted by Crippen LogP contribution is -2.43. The average Bonchev–Trinajstić information content (AvgIpc) is 2.85. The van der Waals surface area contributed by atoms with Gasteiger partial charge in [-0.15, -0.1) is 24.0 Å². The van der Waals surface area contributed by atoms with E-state index >= 15 is 0 Å². The van der Waals surface area contributed by atoms with Crippen LogP contribution in [0.1, 0.15) is 11.1 Å². The highest BCUT2D eigenvalue weighted by Crippen LogP contribution is 2.08. The molecule has 1 aliphatic heterocycles. The van der Waals surface area contributed by atoms with Crippen LogP contribution in [-0.2, 0) is 11.3 Å². The Morgan fingerprint density at radius 2 is 2.12 bits per heavy atom. The molecule has 1 aliphatic rings. The van der Waals surface area contributed by atoms with Gasteiger partial charge in [-0.1, -0.05) is 12.1 Å². The lowest BCUT2D eigenvalue weighted by Gasteiger charge is -2.15. The first-order chi connectivity index (χ1) is 11.0. The van der Waals surface area contributed by atoms with Crippen molar-refractivity contribution < 1.29 is 14.0 Å². The summed E-state index contributed by atoms with van der Waals surface area (Å²) in [5.41, 5.74) is 1.52. The highest BCUT2D eigenvalue weighted by Gasteiger charge is 2.27. The Labute approximate surface area is 157 Å². The summed E-state index contributed by atoms with van der Waals surface area (Å²) in [6.45, 7) is 2.91. The van der Waals surface area contributed by atoms with Crippen LogP contribution in [0.3, 0.4) is 0 Å². The normalized spacial score (nSPS) is 14.3. The first-order valence-electron chi connectivity index (χ1n) is 7.29. The average molecular weight is 449 g/mol. The SMILES string of the molecule is CN=C(NCCN1C(=O)CNC1=O)NCc1ccc(F)c(C)c1.I. The van der Waals surface area contributed by atoms with E-state index in [1.807, 2.05) is 0 Å². The first kappa shape index (κ1) is 20.1. The molecule has 0 aliphatic carbocycles. The predicted molar refractivity (Wildman–Crippen MR) is 99.9 cm³/mol. The van der Waals surface area contributed by atoms with Gasteiger partial charge in [0.15, 0.2) is 5.96 Å². The molecule has 1 aromatic carbocycles. The van der Waals surface area contributed by atoms with Crippen LogP contribution < -0.4 is 16.0 Å². The molecule has 0 radical (unpaired) electrons. The molecule has 132 valence electrons. The lowest BCUT2D eigenvalue weighted by molar-refractivity contribution is -0.124. The smallest absolute Gasteiger partial charge is 0.324 e. The van der Waals surface area contributed by atoms with E-state index in [2.05, 4.69) is 20.9 Å². The third-order valence-corrected chi connectivity index (χ3v) is 3.47. The Morgan fingerprint density at radius 3 is 2.71 bits per heavy atom. The molecule has 0 spiro atoms. The number of halogens is 2. The second kappa shape index (κ2) is 9.40. The molecule has 24 heavy (non-hydrogen) atoms. The number of aliphatic imine (C=N–C) groups is 1. The number of urea groups is 1. The van der Waals surface area contributed by atoms with E-state index < -0.39 is 0 Å². The van der Waals surface area contributed by atoms with Gasteiger partial charge in [-0.05, 0) is 24.1 Å². The lowest BCUT2D eigenvalue weighted by atomic mass is 10.1. The summed E-state index contributed by atoms with van der Waals surface area (Å²) in [5.74, 6) is 0.0744. The number of carbonyl (C=O) groups is 2. The molecular weight excluding hydrogens is 428 g/mol. The van der Waals surface area contributed by atoms with Crippen molar-refractivity contribution in [2.75, 3.05) is 26.7 Å². The molecule has 2 rings (SSSR count). The van der Waals surface area contributed by atoms with Gasteiger partial charge in [0.05, 0.1) is 6.54 Å². The second-order valence-electron chi connectivity index (χ2n) is 5.14. The first-order valence-corrected chi connectivity index (χ1v) is 7.29. The minimum Gasteiger partial charge on any atom is -0.355 e. The summed E-state index contributed by atoms with van der Waals surface area (Å²) in [6.07, 6.45) is 0. The number of carbonyl (C=O) groups excluding carboxylic acids is 2. The molecule has 0 unspecified atom stereocenters. The molecule has 3 amide bonds. The van der Waals surface area contributed by atoms with Crippen LogP contribution in [0, 0.1) is 12.7 Å². The molecule has 9 heteroatoms. The van der Waals surface area contributed by atoms with E-state index in [9.17, 15) is 14.0 Å². The van der Waals surface area contributed by atoms with Gasteiger partial charge < -0.3 is 16.0 Å². The molecule has 1 aromatic rings. The van der Waals surface area contributed by atoms with Crippen LogP contribution in [0.4, 0.5) is 9.18 Å². The van der Waals surface area contributed by atoms with Crippen molar-refractivity contribution in [1.82, 2.24) is 20.9 Å². The molecule has 0 atom stereocenters. The van der Waals surface area contributed by atoms with Gasteiger partial charge in [-0.25, -0.2) is 9.18 Å². The fourth-order valence-corrected chi connectivity index (χ4v) is 2.19.